The molecule has 0 aromatic carbocycles. The lowest BCUT2D eigenvalue weighted by molar-refractivity contribution is -0.135. The first-order chi connectivity index (χ1) is 17.2. The van der Waals surface area contributed by atoms with Crippen LogP contribution in [0.3, 0.4) is 0 Å². The summed E-state index contributed by atoms with van der Waals surface area (Å²) in [5.41, 5.74) is 1.17. The molecule has 0 saturated heterocycles. The number of amides is 1. The lowest BCUT2D eigenvalue weighted by Crippen LogP contribution is -2.46. The van der Waals surface area contributed by atoms with Crippen molar-refractivity contribution < 1.29 is 13.6 Å². The molecule has 1 saturated carbocycles. The maximum Gasteiger partial charge on any atom is 0.223 e. The van der Waals surface area contributed by atoms with Crippen LogP contribution < -0.4 is 10.6 Å². The van der Waals surface area contributed by atoms with Crippen molar-refractivity contribution in [1.29, 1.82) is 0 Å². The van der Waals surface area contributed by atoms with Gasteiger partial charge in [0, 0.05) is 23.9 Å². The number of pyridine rings is 2. The van der Waals surface area contributed by atoms with Crippen LogP contribution in [0, 0.1) is 25.6 Å². The molecule has 36 heavy (non-hydrogen) atoms. The quantitative estimate of drug-likeness (QED) is 0.354. The number of aryl methyl sites for hydroxylation is 2. The smallest absolute Gasteiger partial charge is 0.223 e. The van der Waals surface area contributed by atoms with Gasteiger partial charge in [-0.2, -0.15) is 10.2 Å². The fraction of sp³-hybridized carbons (Fsp3) is 0.320. The number of carbonyl (C=O) groups is 1. The lowest BCUT2D eigenvalue weighted by Gasteiger charge is -2.40. The minimum atomic E-state index is -1.67. The van der Waals surface area contributed by atoms with Crippen molar-refractivity contribution in [2.24, 2.45) is 5.92 Å². The molecule has 1 amide bonds. The molecule has 1 aliphatic rings. The summed E-state index contributed by atoms with van der Waals surface area (Å²) in [6.07, 6.45) is 4.06. The number of alkyl halides is 1. The Morgan fingerprint density at radius 3 is 2.64 bits per heavy atom. The second-order valence-corrected chi connectivity index (χ2v) is 9.33. The summed E-state index contributed by atoms with van der Waals surface area (Å²) in [6, 6.07) is 8.53. The van der Waals surface area contributed by atoms with Crippen LogP contribution in [-0.4, -0.2) is 35.9 Å². The lowest BCUT2D eigenvalue weighted by atomic mass is 9.69. The summed E-state index contributed by atoms with van der Waals surface area (Å²) >= 11 is 0. The van der Waals surface area contributed by atoms with Crippen molar-refractivity contribution in [3.63, 3.8) is 0 Å². The Bertz CT molecular complexity index is 1390. The first-order valence-corrected chi connectivity index (χ1v) is 11.6. The molecule has 186 valence electrons. The van der Waals surface area contributed by atoms with Gasteiger partial charge in [0.2, 0.25) is 5.91 Å². The third-order valence-electron chi connectivity index (χ3n) is 6.32. The second-order valence-electron chi connectivity index (χ2n) is 9.33. The summed E-state index contributed by atoms with van der Waals surface area (Å²) in [4.78, 5) is 21.5. The Morgan fingerprint density at radius 2 is 2.00 bits per heavy atom. The highest BCUT2D eigenvalue weighted by Gasteiger charge is 2.50. The van der Waals surface area contributed by atoms with Crippen molar-refractivity contribution in [2.75, 3.05) is 5.32 Å². The van der Waals surface area contributed by atoms with Crippen LogP contribution in [0.4, 0.5) is 20.4 Å². The van der Waals surface area contributed by atoms with Gasteiger partial charge in [0.05, 0.1) is 24.1 Å². The fourth-order valence-corrected chi connectivity index (χ4v) is 4.32. The zero-order chi connectivity index (χ0) is 25.4. The molecule has 5 rings (SSSR count). The Hall–Kier alpha value is -4.15. The predicted octanol–water partition coefficient (Wildman–Crippen LogP) is 4.34. The van der Waals surface area contributed by atoms with Crippen molar-refractivity contribution in [1.82, 2.24) is 35.3 Å². The molecule has 0 unspecified atom stereocenters. The number of H-pyrrole nitrogens is 1. The Balaban J connectivity index is 1.20. The van der Waals surface area contributed by atoms with E-state index in [0.29, 0.717) is 23.1 Å². The molecule has 4 heterocycles. The molecular formula is C25H26F2N8O. The monoisotopic (exact) mass is 492 g/mol. The molecule has 1 fully saturated rings. The Morgan fingerprint density at radius 1 is 1.19 bits per heavy atom. The molecular weight excluding hydrogens is 466 g/mol. The molecule has 9 nitrogen and oxygen atoms in total. The number of hydrogen-bond donors (Lipinski definition) is 3. The second kappa shape index (κ2) is 9.14. The van der Waals surface area contributed by atoms with Crippen molar-refractivity contribution in [3.05, 3.63) is 77.3 Å². The van der Waals surface area contributed by atoms with Crippen LogP contribution in [0.1, 0.15) is 48.3 Å². The van der Waals surface area contributed by atoms with Crippen molar-refractivity contribution in [2.45, 2.75) is 45.3 Å². The molecule has 0 radical (unpaired) electrons. The standard InChI is InChI=1S/C25H26F2N8O/c1-14-6-20(31-21(7-14)32-22-8-15(2)33-34-22)25(27)9-18(10-25)24(36)30-16(3)17-4-5-23(28-11-17)35-13-19(26)12-29-35/h4-8,11-13,16,18H,9-10H2,1-3H3,(H,30,36)(H2,31,32,33,34)/t16-,18-,25+/m0/s1. The number of nitrogens with one attached hydrogen (secondary N) is 3. The highest BCUT2D eigenvalue weighted by molar-refractivity contribution is 5.80. The number of rotatable bonds is 7. The van der Waals surface area contributed by atoms with Gasteiger partial charge in [-0.15, -0.1) is 0 Å². The highest BCUT2D eigenvalue weighted by atomic mass is 19.1. The van der Waals surface area contributed by atoms with Gasteiger partial charge < -0.3 is 10.6 Å². The molecule has 0 aliphatic heterocycles. The average Bonchev–Trinajstić information content (AvgIpc) is 3.44. The molecule has 3 N–H and O–H groups in total. The SMILES string of the molecule is Cc1cc(Nc2cc(C)[nH]n2)nc([C@]2(F)C[C@@H](C(=O)N[C@@H](C)c3ccc(-n4cc(F)cn4)nc3)C2)c1. The summed E-state index contributed by atoms with van der Waals surface area (Å²) < 4.78 is 30.2. The van der Waals surface area contributed by atoms with Crippen LogP contribution >= 0.6 is 0 Å². The number of halogens is 2. The van der Waals surface area contributed by atoms with Crippen molar-refractivity contribution in [3.8, 4) is 5.82 Å². The van der Waals surface area contributed by atoms with Crippen molar-refractivity contribution >= 4 is 17.5 Å². The summed E-state index contributed by atoms with van der Waals surface area (Å²) in [5, 5.41) is 16.9. The molecule has 0 bridgehead atoms. The highest BCUT2D eigenvalue weighted by Crippen LogP contribution is 2.49. The number of hydrogen-bond acceptors (Lipinski definition) is 6. The summed E-state index contributed by atoms with van der Waals surface area (Å²) in [6.45, 7) is 5.60. The normalized spacial score (nSPS) is 20.0. The Kier molecular flexibility index (Phi) is 5.99. The van der Waals surface area contributed by atoms with E-state index in [1.54, 1.807) is 24.4 Å². The molecule has 1 atom stereocenters. The molecule has 1 aliphatic carbocycles. The van der Waals surface area contributed by atoms with E-state index in [1.807, 2.05) is 32.9 Å². The van der Waals surface area contributed by atoms with Gasteiger partial charge in [-0.25, -0.2) is 23.4 Å². The number of anilines is 2. The van der Waals surface area contributed by atoms with E-state index in [9.17, 15) is 9.18 Å². The van der Waals surface area contributed by atoms with Gasteiger partial charge in [0.25, 0.3) is 0 Å². The number of nitrogens with zero attached hydrogens (tertiary/aromatic N) is 5. The third-order valence-corrected chi connectivity index (χ3v) is 6.32. The van der Waals surface area contributed by atoms with E-state index in [2.05, 4.69) is 35.9 Å². The average molecular weight is 493 g/mol. The van der Waals surface area contributed by atoms with Gasteiger partial charge in [0.15, 0.2) is 23.1 Å². The zero-order valence-electron chi connectivity index (χ0n) is 20.1. The van der Waals surface area contributed by atoms with E-state index in [-0.39, 0.29) is 24.8 Å². The van der Waals surface area contributed by atoms with Crippen LogP contribution in [0.25, 0.3) is 5.82 Å². The Labute approximate surface area is 206 Å². The van der Waals surface area contributed by atoms with E-state index in [4.69, 9.17) is 0 Å². The van der Waals surface area contributed by atoms with Crippen LogP contribution in [-0.2, 0) is 10.5 Å². The van der Waals surface area contributed by atoms with E-state index >= 15 is 4.39 Å². The van der Waals surface area contributed by atoms with Gasteiger partial charge >= 0.3 is 0 Å². The first kappa shape index (κ1) is 23.6. The third kappa shape index (κ3) is 4.81. The topological polar surface area (TPSA) is 113 Å². The minimum Gasteiger partial charge on any atom is -0.349 e. The summed E-state index contributed by atoms with van der Waals surface area (Å²) in [5.74, 6) is 0.445. The van der Waals surface area contributed by atoms with Crippen LogP contribution in [0.15, 0.2) is 48.9 Å². The summed E-state index contributed by atoms with van der Waals surface area (Å²) in [7, 11) is 0. The zero-order valence-corrected chi connectivity index (χ0v) is 20.1. The van der Waals surface area contributed by atoms with Gasteiger partial charge in [0.1, 0.15) is 5.82 Å². The van der Waals surface area contributed by atoms with Crippen LogP contribution in [0.2, 0.25) is 0 Å². The van der Waals surface area contributed by atoms with Gasteiger partial charge in [-0.3, -0.25) is 9.89 Å². The molecule has 4 aromatic rings. The van der Waals surface area contributed by atoms with Gasteiger partial charge in [-0.1, -0.05) is 6.07 Å². The molecule has 11 heteroatoms. The van der Waals surface area contributed by atoms with E-state index in [0.717, 1.165) is 23.0 Å². The largest absolute Gasteiger partial charge is 0.349 e. The predicted molar refractivity (Wildman–Crippen MR) is 129 cm³/mol. The number of carbonyl (C=O) groups excluding carboxylic acids is 1. The molecule has 0 spiro atoms. The van der Waals surface area contributed by atoms with E-state index in [1.165, 1.54) is 10.9 Å². The first-order valence-electron chi connectivity index (χ1n) is 11.6. The molecule has 4 aromatic heterocycles. The minimum absolute atomic E-state index is 0.0605. The number of aromatic nitrogens is 6. The number of aromatic amines is 1. The van der Waals surface area contributed by atoms with Crippen LogP contribution in [0.5, 0.6) is 0 Å². The van der Waals surface area contributed by atoms with E-state index < -0.39 is 17.4 Å². The fourth-order valence-electron chi connectivity index (χ4n) is 4.32. The maximum atomic E-state index is 15.7. The van der Waals surface area contributed by atoms with Gasteiger partial charge in [-0.05, 0) is 62.9 Å². The maximum absolute atomic E-state index is 15.7.